The molecule has 4 heteroatoms. The first-order valence-corrected chi connectivity index (χ1v) is 6.63. The number of nitrogens with two attached hydrogens (primary N) is 1. The molecule has 0 radical (unpaired) electrons. The minimum Gasteiger partial charge on any atom is -0.271 e. The zero-order valence-electron chi connectivity index (χ0n) is 9.03. The van der Waals surface area contributed by atoms with Crippen LogP contribution in [-0.2, 0) is 0 Å². The second kappa shape index (κ2) is 5.82. The number of benzene rings is 2. The molecular formula is C13H12ClIN2. The first kappa shape index (κ1) is 12.8. The number of hydrogen-bond acceptors (Lipinski definition) is 2. The molecule has 0 fully saturated rings. The lowest BCUT2D eigenvalue weighted by Crippen LogP contribution is -2.28. The summed E-state index contributed by atoms with van der Waals surface area (Å²) in [6.07, 6.45) is 0. The van der Waals surface area contributed by atoms with Gasteiger partial charge in [-0.25, -0.2) is 5.43 Å². The van der Waals surface area contributed by atoms with E-state index in [0.717, 1.165) is 11.1 Å². The van der Waals surface area contributed by atoms with E-state index < -0.39 is 0 Å². The molecule has 0 bridgehead atoms. The number of rotatable bonds is 3. The molecular weight excluding hydrogens is 347 g/mol. The third-order valence-corrected chi connectivity index (χ3v) is 3.44. The molecule has 17 heavy (non-hydrogen) atoms. The number of hydrazine groups is 1. The van der Waals surface area contributed by atoms with Gasteiger partial charge in [0, 0.05) is 8.59 Å². The van der Waals surface area contributed by atoms with Crippen LogP contribution in [0.2, 0.25) is 5.02 Å². The third kappa shape index (κ3) is 3.19. The van der Waals surface area contributed by atoms with Gasteiger partial charge in [0.05, 0.1) is 6.04 Å². The average molecular weight is 359 g/mol. The van der Waals surface area contributed by atoms with Crippen molar-refractivity contribution in [1.82, 2.24) is 5.43 Å². The van der Waals surface area contributed by atoms with Crippen LogP contribution < -0.4 is 11.3 Å². The van der Waals surface area contributed by atoms with Gasteiger partial charge in [-0.3, -0.25) is 5.84 Å². The van der Waals surface area contributed by atoms with Gasteiger partial charge in [0.15, 0.2) is 0 Å². The van der Waals surface area contributed by atoms with E-state index in [0.29, 0.717) is 5.02 Å². The van der Waals surface area contributed by atoms with Gasteiger partial charge in [-0.2, -0.15) is 0 Å². The van der Waals surface area contributed by atoms with Crippen molar-refractivity contribution in [3.63, 3.8) is 0 Å². The van der Waals surface area contributed by atoms with Gasteiger partial charge in [0.1, 0.15) is 0 Å². The summed E-state index contributed by atoms with van der Waals surface area (Å²) in [7, 11) is 0. The number of halogens is 2. The topological polar surface area (TPSA) is 38.0 Å². The van der Waals surface area contributed by atoms with Gasteiger partial charge in [-0.1, -0.05) is 35.9 Å². The second-order valence-corrected chi connectivity index (χ2v) is 5.39. The summed E-state index contributed by atoms with van der Waals surface area (Å²) in [5.41, 5.74) is 5.01. The van der Waals surface area contributed by atoms with Gasteiger partial charge in [-0.05, 0) is 58.0 Å². The highest BCUT2D eigenvalue weighted by Gasteiger charge is 2.12. The fourth-order valence-corrected chi connectivity index (χ4v) is 2.52. The highest BCUT2D eigenvalue weighted by molar-refractivity contribution is 14.1. The van der Waals surface area contributed by atoms with Gasteiger partial charge in [0.2, 0.25) is 0 Å². The van der Waals surface area contributed by atoms with E-state index >= 15 is 0 Å². The van der Waals surface area contributed by atoms with E-state index in [9.17, 15) is 0 Å². The van der Waals surface area contributed by atoms with Crippen molar-refractivity contribution in [1.29, 1.82) is 0 Å². The summed E-state index contributed by atoms with van der Waals surface area (Å²) in [6.45, 7) is 0. The highest BCUT2D eigenvalue weighted by atomic mass is 127. The first-order valence-electron chi connectivity index (χ1n) is 5.18. The smallest absolute Gasteiger partial charge is 0.0710 e. The second-order valence-electron chi connectivity index (χ2n) is 3.71. The molecule has 0 aromatic heterocycles. The Hall–Kier alpha value is -0.620. The maximum Gasteiger partial charge on any atom is 0.0710 e. The Balaban J connectivity index is 2.40. The Kier molecular flexibility index (Phi) is 4.39. The van der Waals surface area contributed by atoms with E-state index in [4.69, 9.17) is 17.4 Å². The molecule has 0 aliphatic carbocycles. The molecule has 0 heterocycles. The maximum absolute atomic E-state index is 5.99. The lowest BCUT2D eigenvalue weighted by Gasteiger charge is -2.17. The highest BCUT2D eigenvalue weighted by Crippen LogP contribution is 2.24. The van der Waals surface area contributed by atoms with Crippen LogP contribution in [0, 0.1) is 3.57 Å². The molecule has 0 saturated carbocycles. The van der Waals surface area contributed by atoms with Gasteiger partial charge in [0.25, 0.3) is 0 Å². The van der Waals surface area contributed by atoms with Crippen LogP contribution in [0.5, 0.6) is 0 Å². The molecule has 0 saturated heterocycles. The molecule has 0 aliphatic rings. The molecule has 2 aromatic carbocycles. The first-order chi connectivity index (χ1) is 8.20. The van der Waals surface area contributed by atoms with Crippen LogP contribution in [0.25, 0.3) is 0 Å². The molecule has 88 valence electrons. The van der Waals surface area contributed by atoms with Crippen molar-refractivity contribution in [2.75, 3.05) is 0 Å². The van der Waals surface area contributed by atoms with E-state index in [-0.39, 0.29) is 6.04 Å². The molecule has 0 amide bonds. The number of nitrogens with one attached hydrogen (secondary N) is 1. The fraction of sp³-hybridized carbons (Fsp3) is 0.0769. The van der Waals surface area contributed by atoms with E-state index in [2.05, 4.69) is 40.1 Å². The third-order valence-electron chi connectivity index (χ3n) is 2.53. The van der Waals surface area contributed by atoms with Crippen molar-refractivity contribution in [2.45, 2.75) is 6.04 Å². The van der Waals surface area contributed by atoms with Crippen LogP contribution in [-0.4, -0.2) is 0 Å². The predicted octanol–water partition coefficient (Wildman–Crippen LogP) is 3.50. The van der Waals surface area contributed by atoms with Gasteiger partial charge in [-0.15, -0.1) is 0 Å². The summed E-state index contributed by atoms with van der Waals surface area (Å²) >= 11 is 8.28. The standard InChI is InChI=1S/C13H12ClIN2/c14-11-5-1-3-9(7-11)13(17-16)10-4-2-6-12(15)8-10/h1-8,13,17H,16H2. The van der Waals surface area contributed by atoms with Gasteiger partial charge >= 0.3 is 0 Å². The van der Waals surface area contributed by atoms with E-state index in [1.54, 1.807) is 0 Å². The molecule has 3 N–H and O–H groups in total. The summed E-state index contributed by atoms with van der Waals surface area (Å²) in [6, 6.07) is 15.9. The van der Waals surface area contributed by atoms with Crippen LogP contribution in [0.15, 0.2) is 48.5 Å². The van der Waals surface area contributed by atoms with Crippen LogP contribution >= 0.6 is 34.2 Å². The van der Waals surface area contributed by atoms with Crippen LogP contribution in [0.1, 0.15) is 17.2 Å². The average Bonchev–Trinajstić information content (AvgIpc) is 2.30. The Morgan fingerprint density at radius 3 is 2.29 bits per heavy atom. The quantitative estimate of drug-likeness (QED) is 0.501. The molecule has 2 rings (SSSR count). The molecule has 0 aliphatic heterocycles. The molecule has 2 aromatic rings. The molecule has 2 nitrogen and oxygen atoms in total. The Labute approximate surface area is 119 Å². The van der Waals surface area contributed by atoms with Crippen molar-refractivity contribution in [2.24, 2.45) is 5.84 Å². The van der Waals surface area contributed by atoms with Crippen molar-refractivity contribution in [3.05, 3.63) is 68.3 Å². The SMILES string of the molecule is NNC(c1cccc(Cl)c1)c1cccc(I)c1. The number of hydrogen-bond donors (Lipinski definition) is 2. The van der Waals surface area contributed by atoms with Crippen LogP contribution in [0.3, 0.4) is 0 Å². The van der Waals surface area contributed by atoms with E-state index in [1.807, 2.05) is 36.4 Å². The van der Waals surface area contributed by atoms with Crippen molar-refractivity contribution < 1.29 is 0 Å². The van der Waals surface area contributed by atoms with Crippen molar-refractivity contribution in [3.8, 4) is 0 Å². The summed E-state index contributed by atoms with van der Waals surface area (Å²) < 4.78 is 1.18. The lowest BCUT2D eigenvalue weighted by atomic mass is 9.99. The maximum atomic E-state index is 5.99. The Bertz CT molecular complexity index is 471. The predicted molar refractivity (Wildman–Crippen MR) is 79.8 cm³/mol. The fourth-order valence-electron chi connectivity index (χ4n) is 1.76. The minimum atomic E-state index is -0.0385. The zero-order chi connectivity index (χ0) is 12.3. The van der Waals surface area contributed by atoms with Gasteiger partial charge < -0.3 is 0 Å². The lowest BCUT2D eigenvalue weighted by molar-refractivity contribution is 0.636. The summed E-state index contributed by atoms with van der Waals surface area (Å²) in [4.78, 5) is 0. The monoisotopic (exact) mass is 358 g/mol. The van der Waals surface area contributed by atoms with Crippen LogP contribution in [0.4, 0.5) is 0 Å². The zero-order valence-corrected chi connectivity index (χ0v) is 11.9. The molecule has 1 atom stereocenters. The molecule has 0 spiro atoms. The van der Waals surface area contributed by atoms with E-state index in [1.165, 1.54) is 3.57 Å². The largest absolute Gasteiger partial charge is 0.271 e. The summed E-state index contributed by atoms with van der Waals surface area (Å²) in [5, 5.41) is 0.716. The van der Waals surface area contributed by atoms with Crippen molar-refractivity contribution >= 4 is 34.2 Å². The summed E-state index contributed by atoms with van der Waals surface area (Å²) in [5.74, 6) is 5.64. The Morgan fingerprint density at radius 2 is 1.71 bits per heavy atom. The normalized spacial score (nSPS) is 12.4. The molecule has 1 unspecified atom stereocenters. The Morgan fingerprint density at radius 1 is 1.06 bits per heavy atom. The minimum absolute atomic E-state index is 0.0385.